The van der Waals surface area contributed by atoms with Crippen LogP contribution >= 0.6 is 0 Å². The van der Waals surface area contributed by atoms with Crippen LogP contribution < -0.4 is 10.6 Å². The van der Waals surface area contributed by atoms with Crippen molar-refractivity contribution in [3.05, 3.63) is 34.9 Å². The zero-order valence-electron chi connectivity index (χ0n) is 12.2. The van der Waals surface area contributed by atoms with Crippen LogP contribution in [0.2, 0.25) is 0 Å². The Morgan fingerprint density at radius 1 is 1.14 bits per heavy atom. The average Bonchev–Trinajstić information content (AvgIpc) is 2.85. The molecule has 22 heavy (non-hydrogen) atoms. The van der Waals surface area contributed by atoms with Gasteiger partial charge in [0, 0.05) is 6.07 Å². The minimum atomic E-state index is -0.628. The van der Waals surface area contributed by atoms with Crippen LogP contribution in [0.5, 0.6) is 0 Å². The Labute approximate surface area is 127 Å². The van der Waals surface area contributed by atoms with Crippen molar-refractivity contribution in [1.29, 1.82) is 0 Å². The number of aliphatic hydroxyl groups is 1. The third-order valence-electron chi connectivity index (χ3n) is 4.59. The molecule has 0 aromatic heterocycles. The Hall–Kier alpha value is -1.69. The van der Waals surface area contributed by atoms with E-state index in [2.05, 4.69) is 10.6 Å². The zero-order valence-corrected chi connectivity index (χ0v) is 12.2. The molecule has 3 rings (SSSR count). The monoisotopic (exact) mass is 310 g/mol. The second kappa shape index (κ2) is 6.20. The van der Waals surface area contributed by atoms with Crippen molar-refractivity contribution in [2.75, 3.05) is 0 Å². The lowest BCUT2D eigenvalue weighted by atomic mass is 9.87. The summed E-state index contributed by atoms with van der Waals surface area (Å²) in [5.74, 6) is -1.18. The first kappa shape index (κ1) is 15.2. The maximum absolute atomic E-state index is 13.8. The van der Waals surface area contributed by atoms with E-state index in [0.717, 1.165) is 25.3 Å². The molecule has 0 heterocycles. The van der Waals surface area contributed by atoms with Gasteiger partial charge in [-0.05, 0) is 55.7 Å². The molecule has 3 N–H and O–H groups in total. The first-order valence-electron chi connectivity index (χ1n) is 7.77. The minimum absolute atomic E-state index is 0.243. The number of amides is 2. The van der Waals surface area contributed by atoms with Crippen molar-refractivity contribution < 1.29 is 18.7 Å². The van der Waals surface area contributed by atoms with Gasteiger partial charge in [-0.2, -0.15) is 0 Å². The van der Waals surface area contributed by atoms with Crippen LogP contribution in [-0.4, -0.2) is 23.3 Å². The number of hydrogen-bond donors (Lipinski definition) is 3. The fraction of sp³-hybridized carbons (Fsp3) is 0.562. The highest BCUT2D eigenvalue weighted by Gasteiger charge is 2.29. The molecular formula is C16H20F2N2O2. The molecule has 120 valence electrons. The normalized spacial score (nSPS) is 27.3. The molecule has 0 spiro atoms. The molecule has 2 amide bonds. The van der Waals surface area contributed by atoms with Crippen LogP contribution in [0, 0.1) is 11.6 Å². The van der Waals surface area contributed by atoms with Crippen molar-refractivity contribution in [2.24, 2.45) is 0 Å². The lowest BCUT2D eigenvalue weighted by Gasteiger charge is -2.28. The molecule has 0 saturated heterocycles. The van der Waals surface area contributed by atoms with Gasteiger partial charge in [0.25, 0.3) is 0 Å². The van der Waals surface area contributed by atoms with Gasteiger partial charge in [-0.25, -0.2) is 13.6 Å². The number of halogens is 2. The first-order valence-corrected chi connectivity index (χ1v) is 7.77. The molecule has 0 radical (unpaired) electrons. The molecule has 0 aliphatic heterocycles. The van der Waals surface area contributed by atoms with E-state index in [4.69, 9.17) is 0 Å². The van der Waals surface area contributed by atoms with Crippen LogP contribution in [0.4, 0.5) is 13.6 Å². The van der Waals surface area contributed by atoms with E-state index in [9.17, 15) is 18.7 Å². The van der Waals surface area contributed by atoms with E-state index < -0.39 is 29.8 Å². The Morgan fingerprint density at radius 2 is 1.95 bits per heavy atom. The highest BCUT2D eigenvalue weighted by atomic mass is 19.1. The van der Waals surface area contributed by atoms with Crippen LogP contribution in [0.15, 0.2) is 12.1 Å². The number of carbonyl (C=O) groups is 1. The van der Waals surface area contributed by atoms with Gasteiger partial charge in [-0.3, -0.25) is 0 Å². The summed E-state index contributed by atoms with van der Waals surface area (Å²) in [5.41, 5.74) is 1.00. The molecule has 3 atom stereocenters. The molecule has 1 saturated carbocycles. The van der Waals surface area contributed by atoms with Crippen LogP contribution in [-0.2, 0) is 6.42 Å². The second-order valence-corrected chi connectivity index (χ2v) is 6.12. The van der Waals surface area contributed by atoms with Gasteiger partial charge in [0.1, 0.15) is 11.6 Å². The summed E-state index contributed by atoms with van der Waals surface area (Å²) < 4.78 is 27.3. The molecule has 1 aromatic carbocycles. The van der Waals surface area contributed by atoms with Gasteiger partial charge in [-0.15, -0.1) is 0 Å². The SMILES string of the molecule is O=C(N[C@@H]1CCCc2c(F)cc(F)cc21)N[C@@H]1CCC[C@H]1O. The standard InChI is InChI=1S/C16H20F2N2O2/c17-9-7-11-10(12(18)8-9)3-1-4-13(11)19-16(22)20-14-5-2-6-15(14)21/h7-8,13-15,21H,1-6H2,(H2,19,20,22)/t13-,14-,15-/m1/s1. The number of nitrogens with one attached hydrogen (secondary N) is 2. The van der Waals surface area contributed by atoms with E-state index in [1.165, 1.54) is 6.07 Å². The lowest BCUT2D eigenvalue weighted by Crippen LogP contribution is -2.46. The fourth-order valence-electron chi connectivity index (χ4n) is 3.46. The van der Waals surface area contributed by atoms with Gasteiger partial charge in [0.05, 0.1) is 18.2 Å². The van der Waals surface area contributed by atoms with E-state index in [1.54, 1.807) is 0 Å². The predicted molar refractivity (Wildman–Crippen MR) is 77.4 cm³/mol. The fourth-order valence-corrected chi connectivity index (χ4v) is 3.46. The van der Waals surface area contributed by atoms with Gasteiger partial charge in [0.15, 0.2) is 0 Å². The quantitative estimate of drug-likeness (QED) is 0.786. The summed E-state index contributed by atoms with van der Waals surface area (Å²) in [6, 6.07) is 1.15. The highest BCUT2D eigenvalue weighted by Crippen LogP contribution is 2.32. The van der Waals surface area contributed by atoms with Gasteiger partial charge in [-0.1, -0.05) is 0 Å². The van der Waals surface area contributed by atoms with Gasteiger partial charge >= 0.3 is 6.03 Å². The second-order valence-electron chi connectivity index (χ2n) is 6.12. The van der Waals surface area contributed by atoms with Crippen LogP contribution in [0.25, 0.3) is 0 Å². The molecule has 1 fully saturated rings. The van der Waals surface area contributed by atoms with E-state index >= 15 is 0 Å². The smallest absolute Gasteiger partial charge is 0.315 e. The van der Waals surface area contributed by atoms with Gasteiger partial charge < -0.3 is 15.7 Å². The molecule has 0 unspecified atom stereocenters. The Morgan fingerprint density at radius 3 is 2.68 bits per heavy atom. The zero-order chi connectivity index (χ0) is 15.7. The molecule has 1 aromatic rings. The average molecular weight is 310 g/mol. The number of aliphatic hydroxyl groups excluding tert-OH is 1. The third-order valence-corrected chi connectivity index (χ3v) is 4.59. The maximum Gasteiger partial charge on any atom is 0.315 e. The predicted octanol–water partition coefficient (Wildman–Crippen LogP) is 2.55. The van der Waals surface area contributed by atoms with Crippen LogP contribution in [0.1, 0.15) is 49.3 Å². The molecule has 4 nitrogen and oxygen atoms in total. The molecule has 0 bridgehead atoms. The number of carbonyl (C=O) groups excluding carboxylic acids is 1. The van der Waals surface area contributed by atoms with Crippen molar-refractivity contribution in [1.82, 2.24) is 10.6 Å². The Kier molecular flexibility index (Phi) is 4.29. The summed E-state index contributed by atoms with van der Waals surface area (Å²) in [6.07, 6.45) is 3.76. The Bertz CT molecular complexity index is 580. The summed E-state index contributed by atoms with van der Waals surface area (Å²) in [5, 5.41) is 15.3. The lowest BCUT2D eigenvalue weighted by molar-refractivity contribution is 0.149. The number of urea groups is 1. The topological polar surface area (TPSA) is 61.4 Å². The third kappa shape index (κ3) is 3.06. The molecular weight excluding hydrogens is 290 g/mol. The maximum atomic E-state index is 13.8. The van der Waals surface area contributed by atoms with E-state index in [1.807, 2.05) is 0 Å². The van der Waals surface area contributed by atoms with Gasteiger partial charge in [0.2, 0.25) is 0 Å². The number of rotatable bonds is 2. The summed E-state index contributed by atoms with van der Waals surface area (Å²) in [4.78, 5) is 12.1. The van der Waals surface area contributed by atoms with E-state index in [0.29, 0.717) is 30.4 Å². The summed E-state index contributed by atoms with van der Waals surface area (Å²) >= 11 is 0. The van der Waals surface area contributed by atoms with Crippen molar-refractivity contribution >= 4 is 6.03 Å². The summed E-state index contributed by atoms with van der Waals surface area (Å²) in [6.45, 7) is 0. The molecule has 2 aliphatic rings. The molecule has 6 heteroatoms. The number of hydrogen-bond acceptors (Lipinski definition) is 2. The number of benzene rings is 1. The van der Waals surface area contributed by atoms with Crippen molar-refractivity contribution in [3.8, 4) is 0 Å². The van der Waals surface area contributed by atoms with Crippen molar-refractivity contribution in [3.63, 3.8) is 0 Å². The first-order chi connectivity index (χ1) is 10.5. The summed E-state index contributed by atoms with van der Waals surface area (Å²) in [7, 11) is 0. The molecule has 2 aliphatic carbocycles. The minimum Gasteiger partial charge on any atom is -0.391 e. The largest absolute Gasteiger partial charge is 0.391 e. The Balaban J connectivity index is 1.70. The van der Waals surface area contributed by atoms with Crippen LogP contribution in [0.3, 0.4) is 0 Å². The number of fused-ring (bicyclic) bond motifs is 1. The highest BCUT2D eigenvalue weighted by molar-refractivity contribution is 5.75. The van der Waals surface area contributed by atoms with Crippen molar-refractivity contribution in [2.45, 2.75) is 56.7 Å². The van der Waals surface area contributed by atoms with E-state index in [-0.39, 0.29) is 6.04 Å².